The zero-order valence-corrected chi connectivity index (χ0v) is 20.3. The number of carbonyl (C=O) groups is 1. The number of fused-ring (bicyclic) bond motifs is 1. The molecule has 7 heteroatoms. The molecule has 35 heavy (non-hydrogen) atoms. The van der Waals surface area contributed by atoms with E-state index in [0.29, 0.717) is 6.61 Å². The fraction of sp³-hybridized carbons (Fsp3) is 0.321. The molecule has 7 nitrogen and oxygen atoms in total. The second-order valence-corrected chi connectivity index (χ2v) is 9.21. The van der Waals surface area contributed by atoms with Crippen molar-refractivity contribution >= 4 is 23.1 Å². The van der Waals surface area contributed by atoms with Gasteiger partial charge in [0.25, 0.3) is 0 Å². The number of amides is 2. The fourth-order valence-corrected chi connectivity index (χ4v) is 4.52. The third-order valence-electron chi connectivity index (χ3n) is 6.64. The number of urea groups is 1. The summed E-state index contributed by atoms with van der Waals surface area (Å²) in [4.78, 5) is 17.3. The summed E-state index contributed by atoms with van der Waals surface area (Å²) in [5.41, 5.74) is 5.02. The largest absolute Gasteiger partial charge is 0.486 e. The molecular formula is C28H32N4O3. The van der Waals surface area contributed by atoms with Gasteiger partial charge in [-0.25, -0.2) is 4.79 Å². The van der Waals surface area contributed by atoms with Crippen molar-refractivity contribution in [2.75, 3.05) is 54.9 Å². The Hall–Kier alpha value is -3.71. The third-order valence-corrected chi connectivity index (χ3v) is 6.64. The first-order valence-electron chi connectivity index (χ1n) is 12.1. The first-order chi connectivity index (χ1) is 17.0. The minimum atomic E-state index is -0.244. The van der Waals surface area contributed by atoms with E-state index in [2.05, 4.69) is 33.4 Å². The highest BCUT2D eigenvalue weighted by Gasteiger charge is 2.25. The molecule has 5 rings (SSSR count). The normalized spacial score (nSPS) is 17.7. The summed E-state index contributed by atoms with van der Waals surface area (Å²) in [6.07, 6.45) is 0.0415. The average Bonchev–Trinajstić information content (AvgIpc) is 2.87. The second kappa shape index (κ2) is 10.3. The van der Waals surface area contributed by atoms with E-state index in [-0.39, 0.29) is 12.1 Å². The molecule has 1 atom stereocenters. The second-order valence-electron chi connectivity index (χ2n) is 9.21. The third kappa shape index (κ3) is 5.69. The summed E-state index contributed by atoms with van der Waals surface area (Å²) in [5, 5.41) is 5.87. The van der Waals surface area contributed by atoms with Gasteiger partial charge >= 0.3 is 6.03 Å². The Morgan fingerprint density at radius 3 is 2.37 bits per heavy atom. The monoisotopic (exact) mass is 472 g/mol. The molecule has 182 valence electrons. The molecule has 3 aromatic carbocycles. The Balaban J connectivity index is 1.12. The number of piperazine rings is 1. The van der Waals surface area contributed by atoms with Gasteiger partial charge in [-0.15, -0.1) is 0 Å². The van der Waals surface area contributed by atoms with Crippen LogP contribution < -0.4 is 25.0 Å². The van der Waals surface area contributed by atoms with E-state index in [4.69, 9.17) is 9.47 Å². The van der Waals surface area contributed by atoms with E-state index in [1.54, 1.807) is 0 Å². The number of nitrogens with zero attached hydrogens (tertiary/aromatic N) is 2. The summed E-state index contributed by atoms with van der Waals surface area (Å²) < 4.78 is 12.0. The predicted molar refractivity (Wildman–Crippen MR) is 140 cm³/mol. The van der Waals surface area contributed by atoms with Gasteiger partial charge in [0.2, 0.25) is 0 Å². The van der Waals surface area contributed by atoms with Gasteiger partial charge in [-0.05, 0) is 67.4 Å². The van der Waals surface area contributed by atoms with Gasteiger partial charge in [-0.1, -0.05) is 24.3 Å². The summed E-state index contributed by atoms with van der Waals surface area (Å²) in [6.45, 7) is 9.26. The Morgan fingerprint density at radius 2 is 1.60 bits per heavy atom. The van der Waals surface area contributed by atoms with Crippen molar-refractivity contribution in [2.45, 2.75) is 20.0 Å². The van der Waals surface area contributed by atoms with Crippen LogP contribution in [-0.4, -0.2) is 56.4 Å². The van der Waals surface area contributed by atoms with Crippen molar-refractivity contribution in [2.24, 2.45) is 0 Å². The van der Waals surface area contributed by atoms with Crippen LogP contribution in [0.15, 0.2) is 66.7 Å². The number of carbonyl (C=O) groups excluding carboxylic acids is 1. The van der Waals surface area contributed by atoms with Gasteiger partial charge in [0.1, 0.15) is 12.7 Å². The summed E-state index contributed by atoms with van der Waals surface area (Å²) in [6, 6.07) is 21.5. The summed E-state index contributed by atoms with van der Waals surface area (Å²) >= 11 is 0. The van der Waals surface area contributed by atoms with Gasteiger partial charge in [0.05, 0.1) is 0 Å². The number of hydrogen-bond donors (Lipinski definition) is 2. The van der Waals surface area contributed by atoms with Crippen LogP contribution >= 0.6 is 0 Å². The lowest BCUT2D eigenvalue weighted by molar-refractivity contribution is 0.0571. The van der Waals surface area contributed by atoms with Gasteiger partial charge in [0.15, 0.2) is 11.5 Å². The van der Waals surface area contributed by atoms with E-state index in [1.807, 2.05) is 67.6 Å². The van der Waals surface area contributed by atoms with Crippen LogP contribution in [0.25, 0.3) is 0 Å². The summed E-state index contributed by atoms with van der Waals surface area (Å²) in [7, 11) is 0. The molecule has 2 amide bonds. The molecule has 2 N–H and O–H groups in total. The van der Waals surface area contributed by atoms with Gasteiger partial charge in [-0.3, -0.25) is 4.90 Å². The molecule has 3 aromatic rings. The van der Waals surface area contributed by atoms with E-state index in [1.165, 1.54) is 5.56 Å². The average molecular weight is 473 g/mol. The van der Waals surface area contributed by atoms with Gasteiger partial charge in [-0.2, -0.15) is 0 Å². The Bertz CT molecular complexity index is 1190. The molecular weight excluding hydrogens is 440 g/mol. The lowest BCUT2D eigenvalue weighted by Gasteiger charge is -2.38. The maximum Gasteiger partial charge on any atom is 0.323 e. The maximum atomic E-state index is 12.5. The van der Waals surface area contributed by atoms with Crippen molar-refractivity contribution in [3.8, 4) is 11.5 Å². The van der Waals surface area contributed by atoms with Crippen molar-refractivity contribution in [3.05, 3.63) is 77.9 Å². The molecule has 2 aliphatic rings. The number of para-hydroxylation sites is 2. The number of benzene rings is 3. The number of ether oxygens (including phenoxy) is 2. The molecule has 0 radical (unpaired) electrons. The number of hydrogen-bond acceptors (Lipinski definition) is 5. The highest BCUT2D eigenvalue weighted by Crippen LogP contribution is 2.31. The molecule has 0 aliphatic carbocycles. The molecule has 2 aliphatic heterocycles. The van der Waals surface area contributed by atoms with E-state index >= 15 is 0 Å². The highest BCUT2D eigenvalue weighted by atomic mass is 16.6. The Kier molecular flexibility index (Phi) is 6.77. The van der Waals surface area contributed by atoms with Crippen LogP contribution in [0.2, 0.25) is 0 Å². The number of rotatable bonds is 5. The molecule has 1 fully saturated rings. The SMILES string of the molecule is Cc1ccc(NC(=O)Nc2cccc(N3CCN(CC4COc5ccccc5O4)CC3)c2)cc1C. The van der Waals surface area contributed by atoms with Gasteiger partial charge < -0.3 is 25.0 Å². The quantitative estimate of drug-likeness (QED) is 0.552. The zero-order chi connectivity index (χ0) is 24.2. The zero-order valence-electron chi connectivity index (χ0n) is 20.3. The fourth-order valence-electron chi connectivity index (χ4n) is 4.52. The molecule has 0 spiro atoms. The Morgan fingerprint density at radius 1 is 0.857 bits per heavy atom. The number of nitrogens with one attached hydrogen (secondary N) is 2. The van der Waals surface area contributed by atoms with Gasteiger partial charge in [0, 0.05) is 49.8 Å². The smallest absolute Gasteiger partial charge is 0.323 e. The first kappa shape index (κ1) is 23.1. The van der Waals surface area contributed by atoms with Crippen molar-refractivity contribution in [1.29, 1.82) is 0 Å². The highest BCUT2D eigenvalue weighted by molar-refractivity contribution is 6.00. The van der Waals surface area contributed by atoms with Crippen molar-refractivity contribution < 1.29 is 14.3 Å². The molecule has 1 saturated heterocycles. The molecule has 0 bridgehead atoms. The molecule has 0 aromatic heterocycles. The van der Waals surface area contributed by atoms with E-state index < -0.39 is 0 Å². The van der Waals surface area contributed by atoms with Crippen molar-refractivity contribution in [3.63, 3.8) is 0 Å². The molecule has 0 saturated carbocycles. The van der Waals surface area contributed by atoms with Crippen LogP contribution in [-0.2, 0) is 0 Å². The molecule has 2 heterocycles. The van der Waals surface area contributed by atoms with Crippen molar-refractivity contribution in [1.82, 2.24) is 4.90 Å². The van der Waals surface area contributed by atoms with Crippen LogP contribution in [0.5, 0.6) is 11.5 Å². The standard InChI is InChI=1S/C28H32N4O3/c1-20-10-11-23(16-21(20)2)30-28(33)29-22-6-5-7-24(17-22)32-14-12-31(13-15-32)18-25-19-34-26-8-3-4-9-27(26)35-25/h3-11,16-17,25H,12-15,18-19H2,1-2H3,(H2,29,30,33). The minimum Gasteiger partial charge on any atom is -0.486 e. The predicted octanol–water partition coefficient (Wildman–Crippen LogP) is 4.91. The van der Waals surface area contributed by atoms with E-state index in [0.717, 1.165) is 66.8 Å². The van der Waals surface area contributed by atoms with Crippen LogP contribution in [0.1, 0.15) is 11.1 Å². The summed E-state index contributed by atoms with van der Waals surface area (Å²) in [5.74, 6) is 1.65. The maximum absolute atomic E-state index is 12.5. The van der Waals surface area contributed by atoms with Crippen LogP contribution in [0, 0.1) is 13.8 Å². The molecule has 1 unspecified atom stereocenters. The number of anilines is 3. The first-order valence-corrected chi connectivity index (χ1v) is 12.1. The lowest BCUT2D eigenvalue weighted by Crippen LogP contribution is -2.50. The van der Waals surface area contributed by atoms with Crippen LogP contribution in [0.4, 0.5) is 21.9 Å². The lowest BCUT2D eigenvalue weighted by atomic mass is 10.1. The number of aryl methyl sites for hydroxylation is 2. The topological polar surface area (TPSA) is 66.1 Å². The van der Waals surface area contributed by atoms with E-state index in [9.17, 15) is 4.79 Å². The Labute approximate surface area is 206 Å². The van der Waals surface area contributed by atoms with Crippen LogP contribution in [0.3, 0.4) is 0 Å². The minimum absolute atomic E-state index is 0.0415.